The Bertz CT molecular complexity index is 723. The van der Waals surface area contributed by atoms with E-state index in [1.165, 1.54) is 13.2 Å². The molecule has 0 spiro atoms. The Morgan fingerprint density at radius 3 is 2.68 bits per heavy atom. The van der Waals surface area contributed by atoms with Crippen LogP contribution in [0.3, 0.4) is 0 Å². The minimum Gasteiger partial charge on any atom is -0.545 e. The van der Waals surface area contributed by atoms with Gasteiger partial charge in [-0.05, 0) is 24.3 Å². The van der Waals surface area contributed by atoms with Crippen molar-refractivity contribution in [1.82, 2.24) is 14.8 Å². The predicted octanol–water partition coefficient (Wildman–Crippen LogP) is 1.19. The van der Waals surface area contributed by atoms with E-state index in [4.69, 9.17) is 4.74 Å². The van der Waals surface area contributed by atoms with Crippen LogP contribution in [-0.2, 0) is 11.0 Å². The molecule has 0 amide bonds. The minimum atomic E-state index is -4.54. The van der Waals surface area contributed by atoms with Crippen molar-refractivity contribution in [3.05, 3.63) is 36.2 Å². The Kier molecular flexibility index (Phi) is 4.15. The molecule has 1 heterocycles. The molecule has 9 heteroatoms. The lowest BCUT2D eigenvalue weighted by Gasteiger charge is -2.10. The van der Waals surface area contributed by atoms with Crippen LogP contribution in [-0.4, -0.2) is 27.8 Å². The maximum Gasteiger partial charge on any atom is 0.416 e. The first-order valence-corrected chi connectivity index (χ1v) is 5.86. The Morgan fingerprint density at radius 2 is 2.09 bits per heavy atom. The van der Waals surface area contributed by atoms with Crippen LogP contribution >= 0.6 is 0 Å². The van der Waals surface area contributed by atoms with E-state index >= 15 is 0 Å². The summed E-state index contributed by atoms with van der Waals surface area (Å²) in [6.45, 7) is 0. The number of alkyl halides is 3. The van der Waals surface area contributed by atoms with Crippen molar-refractivity contribution in [2.24, 2.45) is 0 Å². The Hall–Kier alpha value is -2.84. The van der Waals surface area contributed by atoms with Crippen LogP contribution < -0.4 is 9.84 Å². The lowest BCUT2D eigenvalue weighted by atomic mass is 10.1. The number of carbonyl (C=O) groups excluding carboxylic acids is 1. The number of carbonyl (C=O) groups is 1. The molecule has 6 nitrogen and oxygen atoms in total. The summed E-state index contributed by atoms with van der Waals surface area (Å²) >= 11 is 0. The second-order valence-corrected chi connectivity index (χ2v) is 4.13. The zero-order chi connectivity index (χ0) is 16.3. The fourth-order valence-corrected chi connectivity index (χ4v) is 1.63. The van der Waals surface area contributed by atoms with Crippen LogP contribution in [0, 0.1) is 0 Å². The SMILES string of the molecule is COc1cc(-c2ncn(C=CC(=O)[O-])n2)cc(C(F)(F)F)c1. The van der Waals surface area contributed by atoms with Crippen LogP contribution in [0.2, 0.25) is 0 Å². The van der Waals surface area contributed by atoms with E-state index in [1.54, 1.807) is 0 Å². The van der Waals surface area contributed by atoms with Crippen LogP contribution in [0.4, 0.5) is 13.2 Å². The first-order valence-electron chi connectivity index (χ1n) is 5.86. The molecule has 1 aromatic carbocycles. The van der Waals surface area contributed by atoms with E-state index in [0.717, 1.165) is 29.3 Å². The van der Waals surface area contributed by atoms with Crippen LogP contribution in [0.15, 0.2) is 30.6 Å². The molecule has 0 aliphatic carbocycles. The number of carboxylic acid groups (broad SMARTS) is 1. The highest BCUT2D eigenvalue weighted by Crippen LogP contribution is 2.34. The maximum atomic E-state index is 12.8. The molecule has 1 aromatic heterocycles. The van der Waals surface area contributed by atoms with Crippen molar-refractivity contribution in [3.63, 3.8) is 0 Å². The number of halogens is 3. The van der Waals surface area contributed by atoms with Gasteiger partial charge in [0, 0.05) is 11.8 Å². The average molecular weight is 312 g/mol. The highest BCUT2D eigenvalue weighted by Gasteiger charge is 2.31. The van der Waals surface area contributed by atoms with Gasteiger partial charge in [-0.3, -0.25) is 0 Å². The Balaban J connectivity index is 2.42. The van der Waals surface area contributed by atoms with E-state index < -0.39 is 17.7 Å². The first-order chi connectivity index (χ1) is 10.3. The lowest BCUT2D eigenvalue weighted by molar-refractivity contribution is -0.297. The molecule has 2 rings (SSSR count). The second-order valence-electron chi connectivity index (χ2n) is 4.13. The molecule has 0 aliphatic rings. The largest absolute Gasteiger partial charge is 0.545 e. The number of methoxy groups -OCH3 is 1. The van der Waals surface area contributed by atoms with Gasteiger partial charge in [-0.25, -0.2) is 9.67 Å². The van der Waals surface area contributed by atoms with Gasteiger partial charge < -0.3 is 14.6 Å². The normalized spacial score (nSPS) is 11.8. The van der Waals surface area contributed by atoms with Gasteiger partial charge in [0.2, 0.25) is 0 Å². The number of hydrogen-bond acceptors (Lipinski definition) is 5. The van der Waals surface area contributed by atoms with Crippen molar-refractivity contribution >= 4 is 12.2 Å². The van der Waals surface area contributed by atoms with Gasteiger partial charge in [0.05, 0.1) is 18.6 Å². The highest BCUT2D eigenvalue weighted by molar-refractivity contribution is 5.80. The van der Waals surface area contributed by atoms with E-state index in [1.807, 2.05) is 0 Å². The number of ether oxygens (including phenoxy) is 1. The monoisotopic (exact) mass is 312 g/mol. The molecular weight excluding hydrogens is 303 g/mol. The van der Waals surface area contributed by atoms with Crippen molar-refractivity contribution < 1.29 is 27.8 Å². The minimum absolute atomic E-state index is 0.00598. The van der Waals surface area contributed by atoms with Gasteiger partial charge in [0.25, 0.3) is 0 Å². The van der Waals surface area contributed by atoms with Crippen molar-refractivity contribution in [2.45, 2.75) is 6.18 Å². The summed E-state index contributed by atoms with van der Waals surface area (Å²) in [5.41, 5.74) is -0.809. The van der Waals surface area contributed by atoms with Gasteiger partial charge in [-0.15, -0.1) is 5.10 Å². The standard InChI is InChI=1S/C13H10F3N3O3/c1-22-10-5-8(4-9(6-10)13(14,15)16)12-17-7-19(18-12)3-2-11(20)21/h2-7H,1H3,(H,20,21)/p-1. The molecule has 22 heavy (non-hydrogen) atoms. The summed E-state index contributed by atoms with van der Waals surface area (Å²) in [7, 11) is 1.24. The third-order valence-electron chi connectivity index (χ3n) is 2.60. The molecule has 2 aromatic rings. The van der Waals surface area contributed by atoms with Crippen LogP contribution in [0.1, 0.15) is 5.56 Å². The number of aromatic nitrogens is 3. The molecule has 116 valence electrons. The van der Waals surface area contributed by atoms with Gasteiger partial charge in [-0.2, -0.15) is 13.2 Å². The molecule has 0 saturated carbocycles. The predicted molar refractivity (Wildman–Crippen MR) is 67.3 cm³/mol. The van der Waals surface area contributed by atoms with Gasteiger partial charge in [0.15, 0.2) is 5.82 Å². The fraction of sp³-hybridized carbons (Fsp3) is 0.154. The summed E-state index contributed by atoms with van der Waals surface area (Å²) in [5, 5.41) is 14.1. The van der Waals surface area contributed by atoms with Crippen molar-refractivity contribution in [2.75, 3.05) is 7.11 Å². The Labute approximate surface area is 122 Å². The zero-order valence-electron chi connectivity index (χ0n) is 11.2. The van der Waals surface area contributed by atoms with E-state index in [-0.39, 0.29) is 17.1 Å². The lowest BCUT2D eigenvalue weighted by Crippen LogP contribution is -2.18. The summed E-state index contributed by atoms with van der Waals surface area (Å²) in [5.74, 6) is -1.43. The van der Waals surface area contributed by atoms with E-state index in [0.29, 0.717) is 6.08 Å². The number of carboxylic acids is 1. The average Bonchev–Trinajstić information content (AvgIpc) is 2.92. The molecular formula is C13H9F3N3O3-. The molecule has 0 saturated heterocycles. The third kappa shape index (κ3) is 3.62. The number of rotatable bonds is 4. The van der Waals surface area contributed by atoms with E-state index in [9.17, 15) is 23.1 Å². The first kappa shape index (κ1) is 15.5. The molecule has 0 unspecified atom stereocenters. The van der Waals surface area contributed by atoms with Gasteiger partial charge in [0.1, 0.15) is 12.1 Å². The van der Waals surface area contributed by atoms with E-state index in [2.05, 4.69) is 10.1 Å². The number of aliphatic carboxylic acids is 1. The smallest absolute Gasteiger partial charge is 0.416 e. The number of nitrogens with zero attached hydrogens (tertiary/aromatic N) is 3. The molecule has 0 aliphatic heterocycles. The summed E-state index contributed by atoms with van der Waals surface area (Å²) in [6.07, 6.45) is -1.62. The molecule has 0 radical (unpaired) electrons. The number of benzene rings is 1. The second kappa shape index (κ2) is 5.88. The number of hydrogen-bond donors (Lipinski definition) is 0. The van der Waals surface area contributed by atoms with Gasteiger partial charge >= 0.3 is 6.18 Å². The Morgan fingerprint density at radius 1 is 1.36 bits per heavy atom. The van der Waals surface area contributed by atoms with Crippen molar-refractivity contribution in [3.8, 4) is 17.1 Å². The topological polar surface area (TPSA) is 80.1 Å². The van der Waals surface area contributed by atoms with Crippen LogP contribution in [0.25, 0.3) is 17.6 Å². The zero-order valence-corrected chi connectivity index (χ0v) is 11.2. The summed E-state index contributed by atoms with van der Waals surface area (Å²) in [6, 6.07) is 3.08. The maximum absolute atomic E-state index is 12.8. The molecule has 0 bridgehead atoms. The molecule has 0 N–H and O–H groups in total. The molecule has 0 atom stereocenters. The summed E-state index contributed by atoms with van der Waals surface area (Å²) in [4.78, 5) is 14.1. The fourth-order valence-electron chi connectivity index (χ4n) is 1.63. The summed E-state index contributed by atoms with van der Waals surface area (Å²) < 4.78 is 44.4. The molecule has 0 fully saturated rings. The highest BCUT2D eigenvalue weighted by atomic mass is 19.4. The van der Waals surface area contributed by atoms with Crippen molar-refractivity contribution in [1.29, 1.82) is 0 Å². The quantitative estimate of drug-likeness (QED) is 0.792. The third-order valence-corrected chi connectivity index (χ3v) is 2.60. The van der Waals surface area contributed by atoms with Crippen LogP contribution in [0.5, 0.6) is 5.75 Å². The van der Waals surface area contributed by atoms with Gasteiger partial charge in [-0.1, -0.05) is 0 Å².